The van der Waals surface area contributed by atoms with Crippen LogP contribution in [0.25, 0.3) is 44.7 Å². The molecule has 2 saturated carbocycles. The standard InChI is InChI=1S/C50H55FN10O7S/c1-23(2)41(57-49(64)66-5)46(62)59-13-7-8-34(59)43-52-21-32(56-43)27-15-30(51)40-36-17-28-14-26(11-12-33(28)61(36)48(68-38(40)19-27)39-22-54-45(69-39)25-9-10-25)31-20-53-44(55-31)37-18-29-16-35(29)60(37)47(63)42(24(3)4)58-50(65)67-6/h11-12,14-15,17,19-25,29,34-35,37,41-42,48H,7-10,13,16,18H2,1-6H3,(H,52,56)(H,53,55)(H,57,64)(H,58,65)/t29-,34+,35-,37+,41+,42+,48?/m1/s1. The maximum atomic E-state index is 16.9. The van der Waals surface area contributed by atoms with Crippen molar-refractivity contribution >= 4 is 46.2 Å². The summed E-state index contributed by atoms with van der Waals surface area (Å²) in [4.78, 5) is 78.0. The molecule has 4 amide bonds. The van der Waals surface area contributed by atoms with Gasteiger partial charge in [-0.15, -0.1) is 11.3 Å². The minimum Gasteiger partial charge on any atom is -0.464 e. The molecule has 0 bridgehead atoms. The van der Waals surface area contributed by atoms with Gasteiger partial charge in [0.2, 0.25) is 18.0 Å². The summed E-state index contributed by atoms with van der Waals surface area (Å²) in [6.45, 7) is 8.06. The Balaban J connectivity index is 0.908. The van der Waals surface area contributed by atoms with Crippen LogP contribution in [0.3, 0.4) is 0 Å². The first-order valence-electron chi connectivity index (χ1n) is 23.8. The van der Waals surface area contributed by atoms with Crippen LogP contribution in [-0.4, -0.2) is 102 Å². The molecule has 4 N–H and O–H groups in total. The monoisotopic (exact) mass is 958 g/mol. The summed E-state index contributed by atoms with van der Waals surface area (Å²) in [6.07, 6.45) is 8.74. The van der Waals surface area contributed by atoms with E-state index in [4.69, 9.17) is 29.2 Å². The van der Waals surface area contributed by atoms with E-state index in [2.05, 4.69) is 26.7 Å². The maximum Gasteiger partial charge on any atom is 0.407 e. The van der Waals surface area contributed by atoms with Gasteiger partial charge in [0.15, 0.2) is 0 Å². The molecule has 0 spiro atoms. The quantitative estimate of drug-likeness (QED) is 0.0921. The number of methoxy groups -OCH3 is 2. The molecular weight excluding hydrogens is 904 g/mol. The number of aromatic amines is 2. The molecule has 2 saturated heterocycles. The van der Waals surface area contributed by atoms with Crippen molar-refractivity contribution in [3.63, 3.8) is 0 Å². The number of hydrogen-bond donors (Lipinski definition) is 4. The lowest BCUT2D eigenvalue weighted by Gasteiger charge is -2.31. The molecule has 3 aliphatic heterocycles. The summed E-state index contributed by atoms with van der Waals surface area (Å²) in [5.74, 6) is 1.32. The molecule has 11 rings (SSSR count). The van der Waals surface area contributed by atoms with Gasteiger partial charge >= 0.3 is 12.2 Å². The normalized spacial score (nSPS) is 22.2. The molecule has 7 heterocycles. The van der Waals surface area contributed by atoms with Gasteiger partial charge in [0.1, 0.15) is 35.3 Å². The van der Waals surface area contributed by atoms with Crippen molar-refractivity contribution in [2.24, 2.45) is 17.8 Å². The Labute approximate surface area is 401 Å². The third-order valence-corrected chi connectivity index (χ3v) is 15.6. The molecule has 1 unspecified atom stereocenters. The molecule has 7 atom stereocenters. The number of imidazole rings is 2. The van der Waals surface area contributed by atoms with Crippen molar-refractivity contribution in [2.75, 3.05) is 20.8 Å². The van der Waals surface area contributed by atoms with Gasteiger partial charge in [0.05, 0.1) is 76.7 Å². The molecule has 2 aliphatic carbocycles. The average Bonchev–Trinajstić information content (AvgIpc) is 3.81. The van der Waals surface area contributed by atoms with E-state index in [1.807, 2.05) is 67.6 Å². The SMILES string of the molecule is COC(=O)N[C@H](C(=O)N1CCC[C@H]1c1ncc(-c2cc(F)c3c(c2)OC(c2cnc(C4CC4)s2)n2c-3cc3cc(-c4cnc([C@@H]5C[C@H]6C[C@H]6N5C(=O)[C@@H](NC(=O)OC)C(C)C)[nH]4)ccc32)[nH]1)C(C)C. The van der Waals surface area contributed by atoms with Crippen LogP contribution in [0, 0.1) is 23.6 Å². The Hall–Kier alpha value is -6.76. The van der Waals surface area contributed by atoms with Gasteiger partial charge in [-0.25, -0.2) is 28.9 Å². The van der Waals surface area contributed by atoms with Crippen LogP contribution in [0.4, 0.5) is 14.0 Å². The van der Waals surface area contributed by atoms with Crippen molar-refractivity contribution in [3.8, 4) is 39.5 Å². The van der Waals surface area contributed by atoms with E-state index < -0.39 is 36.3 Å². The number of H-pyrrole nitrogens is 2. The van der Waals surface area contributed by atoms with Crippen molar-refractivity contribution in [3.05, 3.63) is 82.3 Å². The predicted octanol–water partition coefficient (Wildman–Crippen LogP) is 8.59. The maximum absolute atomic E-state index is 16.9. The second-order valence-electron chi connectivity index (χ2n) is 19.7. The number of nitrogens with zero attached hydrogens (tertiary/aromatic N) is 6. The highest BCUT2D eigenvalue weighted by molar-refractivity contribution is 7.11. The van der Waals surface area contributed by atoms with Gasteiger partial charge in [-0.3, -0.25) is 14.2 Å². The number of ether oxygens (including phenoxy) is 3. The van der Waals surface area contributed by atoms with Crippen LogP contribution in [0.1, 0.15) is 112 Å². The van der Waals surface area contributed by atoms with E-state index in [0.717, 1.165) is 64.1 Å². The lowest BCUT2D eigenvalue weighted by Crippen LogP contribution is -2.52. The van der Waals surface area contributed by atoms with Gasteiger partial charge in [-0.2, -0.15) is 0 Å². The molecule has 17 nitrogen and oxygen atoms in total. The molecule has 0 radical (unpaired) electrons. The molecule has 19 heteroatoms. The molecule has 4 fully saturated rings. The van der Waals surface area contributed by atoms with Crippen molar-refractivity contribution in [2.45, 2.75) is 109 Å². The summed E-state index contributed by atoms with van der Waals surface area (Å²) in [6, 6.07) is 9.40. The number of likely N-dealkylation sites (tertiary alicyclic amines) is 2. The van der Waals surface area contributed by atoms with E-state index >= 15 is 4.39 Å². The zero-order chi connectivity index (χ0) is 48.0. The number of carbonyl (C=O) groups excluding carboxylic acids is 4. The number of piperidine rings is 1. The van der Waals surface area contributed by atoms with Gasteiger partial charge in [0.25, 0.3) is 0 Å². The largest absolute Gasteiger partial charge is 0.464 e. The molecular formula is C50H55FN10O7S. The van der Waals surface area contributed by atoms with E-state index in [1.165, 1.54) is 20.3 Å². The number of amides is 4. The molecule has 5 aliphatic rings. The lowest BCUT2D eigenvalue weighted by molar-refractivity contribution is -0.137. The smallest absolute Gasteiger partial charge is 0.407 e. The zero-order valence-electron chi connectivity index (χ0n) is 39.2. The van der Waals surface area contributed by atoms with Gasteiger partial charge in [0, 0.05) is 41.2 Å². The third kappa shape index (κ3) is 7.97. The number of halogens is 1. The van der Waals surface area contributed by atoms with Crippen molar-refractivity contribution in [1.29, 1.82) is 0 Å². The summed E-state index contributed by atoms with van der Waals surface area (Å²) in [5.41, 5.74) is 4.61. The second-order valence-corrected chi connectivity index (χ2v) is 20.8. The number of benzene rings is 2. The second kappa shape index (κ2) is 17.3. The zero-order valence-corrected chi connectivity index (χ0v) is 40.1. The molecule has 6 aromatic rings. The fourth-order valence-corrected chi connectivity index (χ4v) is 11.7. The highest BCUT2D eigenvalue weighted by Crippen LogP contribution is 2.54. The highest BCUT2D eigenvalue weighted by Gasteiger charge is 2.56. The van der Waals surface area contributed by atoms with Crippen LogP contribution < -0.4 is 15.4 Å². The van der Waals surface area contributed by atoms with Crippen molar-refractivity contribution in [1.82, 2.24) is 49.9 Å². The number of hydrogen-bond acceptors (Lipinski definition) is 11. The van der Waals surface area contributed by atoms with Crippen LogP contribution >= 0.6 is 11.3 Å². The predicted molar refractivity (Wildman–Crippen MR) is 253 cm³/mol. The molecule has 360 valence electrons. The van der Waals surface area contributed by atoms with Crippen LogP contribution in [0.5, 0.6) is 5.75 Å². The van der Waals surface area contributed by atoms with E-state index in [1.54, 1.807) is 28.6 Å². The Morgan fingerprint density at radius 3 is 2.17 bits per heavy atom. The number of carbonyl (C=O) groups is 4. The van der Waals surface area contributed by atoms with E-state index in [0.29, 0.717) is 64.7 Å². The fraction of sp³-hybridized carbons (Fsp3) is 0.460. The van der Waals surface area contributed by atoms with E-state index in [-0.39, 0.29) is 41.8 Å². The number of aromatic nitrogens is 6. The summed E-state index contributed by atoms with van der Waals surface area (Å²) in [5, 5.41) is 7.37. The fourth-order valence-electron chi connectivity index (χ4n) is 10.6. The molecule has 2 aromatic carbocycles. The number of nitrogens with one attached hydrogen (secondary N) is 4. The molecule has 4 aromatic heterocycles. The number of thiazole rings is 1. The van der Waals surface area contributed by atoms with Crippen LogP contribution in [0.15, 0.2) is 55.0 Å². The number of fused-ring (bicyclic) bond motifs is 6. The minimum absolute atomic E-state index is 0.105. The average molecular weight is 959 g/mol. The Morgan fingerprint density at radius 1 is 0.812 bits per heavy atom. The van der Waals surface area contributed by atoms with Crippen molar-refractivity contribution < 1.29 is 37.8 Å². The Morgan fingerprint density at radius 2 is 1.49 bits per heavy atom. The van der Waals surface area contributed by atoms with Crippen LogP contribution in [0.2, 0.25) is 0 Å². The number of alkyl carbamates (subject to hydrolysis) is 2. The van der Waals surface area contributed by atoms with Gasteiger partial charge < -0.3 is 44.6 Å². The first kappa shape index (κ1) is 44.7. The third-order valence-electron chi connectivity index (χ3n) is 14.5. The minimum atomic E-state index is -0.772. The molecule has 69 heavy (non-hydrogen) atoms. The topological polar surface area (TPSA) is 202 Å². The first-order chi connectivity index (χ1) is 33.3. The summed E-state index contributed by atoms with van der Waals surface area (Å²) >= 11 is 1.62. The van der Waals surface area contributed by atoms with Crippen LogP contribution in [-0.2, 0) is 19.1 Å². The van der Waals surface area contributed by atoms with Gasteiger partial charge in [-0.05, 0) is 86.6 Å². The summed E-state index contributed by atoms with van der Waals surface area (Å²) < 4.78 is 35.5. The highest BCUT2D eigenvalue weighted by atomic mass is 32.1. The Kier molecular flexibility index (Phi) is 11.2. The number of rotatable bonds is 12. The first-order valence-corrected chi connectivity index (χ1v) is 24.6. The lowest BCUT2D eigenvalue weighted by atomic mass is 10.0. The van der Waals surface area contributed by atoms with Gasteiger partial charge in [-0.1, -0.05) is 33.8 Å². The Bertz CT molecular complexity index is 3010. The van der Waals surface area contributed by atoms with E-state index in [9.17, 15) is 19.2 Å². The summed E-state index contributed by atoms with van der Waals surface area (Å²) in [7, 11) is 2.56.